The Hall–Kier alpha value is -3.03. The monoisotopic (exact) mass is 448 g/mol. The number of esters is 2. The first kappa shape index (κ1) is 24.2. The SMILES string of the molecule is CCOC(=O)c1c2ccc(CC(=O)NOC(C)(C)P=O)ccc-2c(C(=O)OCC)c1N. The number of nitrogen functional groups attached to an aromatic ring is 1. The number of hydrogen-bond acceptors (Lipinski definition) is 8. The minimum Gasteiger partial charge on any atom is -0.462 e. The van der Waals surface area contributed by atoms with Crippen molar-refractivity contribution in [3.63, 3.8) is 0 Å². The zero-order valence-corrected chi connectivity index (χ0v) is 18.7. The summed E-state index contributed by atoms with van der Waals surface area (Å²) in [5.74, 6) is -1.77. The van der Waals surface area contributed by atoms with Crippen molar-refractivity contribution in [2.75, 3.05) is 18.9 Å². The third-order valence-corrected chi connectivity index (χ3v) is 4.78. The largest absolute Gasteiger partial charge is 0.462 e. The van der Waals surface area contributed by atoms with Gasteiger partial charge in [0.2, 0.25) is 5.91 Å². The van der Waals surface area contributed by atoms with Gasteiger partial charge in [0.05, 0.1) is 36.4 Å². The number of ether oxygens (including phenoxy) is 2. The maximum absolute atomic E-state index is 12.5. The van der Waals surface area contributed by atoms with Gasteiger partial charge in [0, 0.05) is 0 Å². The van der Waals surface area contributed by atoms with E-state index in [9.17, 15) is 18.9 Å². The van der Waals surface area contributed by atoms with Gasteiger partial charge in [-0.05, 0) is 44.4 Å². The lowest BCUT2D eigenvalue weighted by molar-refractivity contribution is -0.138. The Morgan fingerprint density at radius 2 is 1.45 bits per heavy atom. The van der Waals surface area contributed by atoms with Crippen LogP contribution in [0.2, 0.25) is 0 Å². The highest BCUT2D eigenvalue weighted by Gasteiger charge is 2.30. The Bertz CT molecular complexity index is 919. The Morgan fingerprint density at radius 1 is 0.968 bits per heavy atom. The second-order valence-electron chi connectivity index (χ2n) is 7.02. The average Bonchev–Trinajstić information content (AvgIpc) is 2.85. The fraction of sp³-hybridized carbons (Fsp3) is 0.381. The number of nitrogens with two attached hydrogens (primary N) is 1. The molecule has 3 N–H and O–H groups in total. The molecule has 2 aliphatic carbocycles. The highest BCUT2D eigenvalue weighted by Crippen LogP contribution is 2.39. The first-order valence-corrected chi connectivity index (χ1v) is 10.5. The first-order chi connectivity index (χ1) is 14.6. The lowest BCUT2D eigenvalue weighted by atomic mass is 10.1. The van der Waals surface area contributed by atoms with Gasteiger partial charge in [0.1, 0.15) is 0 Å². The van der Waals surface area contributed by atoms with Gasteiger partial charge in [0.15, 0.2) is 13.8 Å². The molecule has 0 bridgehead atoms. The molecule has 9 nitrogen and oxygen atoms in total. The van der Waals surface area contributed by atoms with Crippen molar-refractivity contribution >= 4 is 32.0 Å². The molecule has 0 aromatic heterocycles. The second-order valence-corrected chi connectivity index (χ2v) is 8.28. The number of carbonyl (C=O) groups excluding carboxylic acids is 3. The summed E-state index contributed by atoms with van der Waals surface area (Å²) in [6.45, 7) is 6.72. The molecule has 0 saturated heterocycles. The van der Waals surface area contributed by atoms with E-state index in [1.54, 1.807) is 52.0 Å². The fourth-order valence-electron chi connectivity index (χ4n) is 2.85. The lowest BCUT2D eigenvalue weighted by Gasteiger charge is -2.16. The third-order valence-electron chi connectivity index (χ3n) is 4.25. The van der Waals surface area contributed by atoms with Gasteiger partial charge in [0.25, 0.3) is 0 Å². The molecule has 0 saturated carbocycles. The predicted octanol–water partition coefficient (Wildman–Crippen LogP) is 3.35. The van der Waals surface area contributed by atoms with Gasteiger partial charge in [-0.3, -0.25) is 14.2 Å². The number of fused-ring (bicyclic) bond motifs is 1. The van der Waals surface area contributed by atoms with Crippen LogP contribution in [0, 0.1) is 0 Å². The Morgan fingerprint density at radius 3 is 1.87 bits per heavy atom. The minimum atomic E-state index is -1.06. The molecule has 0 atom stereocenters. The maximum atomic E-state index is 12.5. The molecule has 10 heteroatoms. The number of amides is 1. The van der Waals surface area contributed by atoms with Gasteiger partial charge in [-0.25, -0.2) is 15.1 Å². The second kappa shape index (κ2) is 10.3. The zero-order chi connectivity index (χ0) is 23.2. The van der Waals surface area contributed by atoms with E-state index in [0.29, 0.717) is 16.7 Å². The molecule has 0 aliphatic heterocycles. The summed E-state index contributed by atoms with van der Waals surface area (Å²) in [6, 6.07) is 6.47. The van der Waals surface area contributed by atoms with Gasteiger partial charge >= 0.3 is 11.9 Å². The zero-order valence-electron chi connectivity index (χ0n) is 17.8. The molecule has 1 amide bonds. The van der Waals surface area contributed by atoms with Gasteiger partial charge < -0.3 is 15.2 Å². The maximum Gasteiger partial charge on any atom is 0.340 e. The molecule has 0 heterocycles. The topological polar surface area (TPSA) is 134 Å². The van der Waals surface area contributed by atoms with Crippen LogP contribution in [0.1, 0.15) is 54.0 Å². The molecule has 2 rings (SSSR count). The van der Waals surface area contributed by atoms with Crippen LogP contribution in [0.15, 0.2) is 24.3 Å². The van der Waals surface area contributed by atoms with Gasteiger partial charge in [-0.15, -0.1) is 0 Å². The summed E-state index contributed by atoms with van der Waals surface area (Å²) in [6.07, 6.45) is -0.0535. The van der Waals surface area contributed by atoms with E-state index < -0.39 is 23.2 Å². The number of anilines is 1. The van der Waals surface area contributed by atoms with Crippen molar-refractivity contribution < 1.29 is 33.3 Å². The standard InChI is InChI=1S/C21H25N2O7P/c1-5-28-19(25)16-13-9-7-12(11-15(24)23-30-21(3,4)31-27)8-10-14(13)17(18(16)22)20(26)29-6-2/h7-10H,5-6,11,22H2,1-4H3,(H,23,24). The van der Waals surface area contributed by atoms with Crippen molar-refractivity contribution in [1.82, 2.24) is 5.48 Å². The smallest absolute Gasteiger partial charge is 0.340 e. The van der Waals surface area contributed by atoms with E-state index in [2.05, 4.69) is 5.48 Å². The number of hydrogen-bond donors (Lipinski definition) is 2. The van der Waals surface area contributed by atoms with Crippen LogP contribution >= 0.6 is 8.46 Å². The molecule has 0 radical (unpaired) electrons. The molecule has 0 aromatic carbocycles. The van der Waals surface area contributed by atoms with E-state index in [1.165, 1.54) is 0 Å². The Kier molecular flexibility index (Phi) is 8.08. The summed E-state index contributed by atoms with van der Waals surface area (Å²) in [7, 11) is -0.275. The molecule has 0 fully saturated rings. The van der Waals surface area contributed by atoms with Gasteiger partial charge in [-0.1, -0.05) is 24.3 Å². The van der Waals surface area contributed by atoms with E-state index in [-0.39, 0.29) is 44.9 Å². The summed E-state index contributed by atoms with van der Waals surface area (Å²) in [4.78, 5) is 42.2. The number of nitrogens with one attached hydrogen (secondary N) is 1. The van der Waals surface area contributed by atoms with Crippen molar-refractivity contribution in [2.45, 2.75) is 39.5 Å². The van der Waals surface area contributed by atoms with Crippen LogP contribution in [-0.4, -0.2) is 36.4 Å². The van der Waals surface area contributed by atoms with E-state index in [1.807, 2.05) is 0 Å². The van der Waals surface area contributed by atoms with E-state index >= 15 is 0 Å². The summed E-state index contributed by atoms with van der Waals surface area (Å²) < 4.78 is 21.2. The number of carbonyl (C=O) groups is 3. The van der Waals surface area contributed by atoms with Gasteiger partial charge in [-0.2, -0.15) is 0 Å². The van der Waals surface area contributed by atoms with Crippen molar-refractivity contribution in [1.29, 1.82) is 0 Å². The fourth-order valence-corrected chi connectivity index (χ4v) is 2.94. The summed E-state index contributed by atoms with van der Waals surface area (Å²) in [5, 5.41) is -1.06. The van der Waals surface area contributed by atoms with E-state index in [4.69, 9.17) is 20.0 Å². The Balaban J connectivity index is 2.44. The summed E-state index contributed by atoms with van der Waals surface area (Å²) >= 11 is 0. The first-order valence-electron chi connectivity index (χ1n) is 9.64. The molecule has 0 spiro atoms. The van der Waals surface area contributed by atoms with Crippen LogP contribution in [0.5, 0.6) is 0 Å². The number of rotatable bonds is 9. The molecule has 31 heavy (non-hydrogen) atoms. The predicted molar refractivity (Wildman–Crippen MR) is 114 cm³/mol. The highest BCUT2D eigenvalue weighted by atomic mass is 31.1. The highest BCUT2D eigenvalue weighted by molar-refractivity contribution is 7.25. The quantitative estimate of drug-likeness (QED) is 0.339. The lowest BCUT2D eigenvalue weighted by Crippen LogP contribution is -2.33. The molecular formula is C21H25N2O7P. The van der Waals surface area contributed by atoms with Crippen LogP contribution in [0.4, 0.5) is 5.69 Å². The molecule has 166 valence electrons. The Labute approximate surface area is 181 Å². The molecular weight excluding hydrogens is 423 g/mol. The molecule has 0 unspecified atom stereocenters. The van der Waals surface area contributed by atoms with Crippen molar-refractivity contribution in [2.24, 2.45) is 0 Å². The van der Waals surface area contributed by atoms with Crippen molar-refractivity contribution in [3.05, 3.63) is 41.0 Å². The van der Waals surface area contributed by atoms with Crippen LogP contribution in [-0.2, 0) is 30.1 Å². The average molecular weight is 448 g/mol. The molecule has 2 aliphatic rings. The minimum absolute atomic E-state index is 0.00944. The summed E-state index contributed by atoms with van der Waals surface area (Å²) in [5.41, 5.74) is 9.92. The van der Waals surface area contributed by atoms with Crippen LogP contribution < -0.4 is 11.2 Å². The van der Waals surface area contributed by atoms with Crippen LogP contribution in [0.3, 0.4) is 0 Å². The van der Waals surface area contributed by atoms with E-state index in [0.717, 1.165) is 0 Å². The van der Waals surface area contributed by atoms with Crippen LogP contribution in [0.25, 0.3) is 11.1 Å². The molecule has 0 aromatic rings. The number of hydroxylamine groups is 1. The van der Waals surface area contributed by atoms with Crippen molar-refractivity contribution in [3.8, 4) is 11.1 Å². The normalized spacial score (nSPS) is 11.4. The third kappa shape index (κ3) is 5.77.